The van der Waals surface area contributed by atoms with Gasteiger partial charge in [-0.1, -0.05) is 40.2 Å². The summed E-state index contributed by atoms with van der Waals surface area (Å²) in [6, 6.07) is 20.7. The van der Waals surface area contributed by atoms with E-state index in [1.54, 1.807) is 17.0 Å². The number of benzene rings is 2. The van der Waals surface area contributed by atoms with Crippen molar-refractivity contribution >= 4 is 50.9 Å². The van der Waals surface area contributed by atoms with Crippen molar-refractivity contribution in [3.8, 4) is 11.4 Å². The van der Waals surface area contributed by atoms with Gasteiger partial charge in [0.2, 0.25) is 11.8 Å². The number of hydrogen-bond donors (Lipinski definition) is 1. The SMILES string of the molecule is CN(Cc1cc2c(cc1Br)C(=O)N(C1CCC(=O)NC1=O)C2)C1CCN(c2cccc(-c3cnc4ccc(N5CCC[C@@H]5c5cccc(F)c5)nn34)n2)CC1. The van der Waals surface area contributed by atoms with E-state index in [4.69, 9.17) is 10.1 Å². The van der Waals surface area contributed by atoms with Gasteiger partial charge in [0.15, 0.2) is 5.65 Å². The molecule has 7 heterocycles. The fourth-order valence-electron chi connectivity index (χ4n) is 8.73. The fraction of sp³-hybridized carbons (Fsp3) is 0.366. The van der Waals surface area contributed by atoms with Gasteiger partial charge in [0.05, 0.1) is 17.9 Å². The number of fused-ring (bicyclic) bond motifs is 2. The lowest BCUT2D eigenvalue weighted by molar-refractivity contribution is -0.136. The number of rotatable bonds is 8. The van der Waals surface area contributed by atoms with Gasteiger partial charge < -0.3 is 14.7 Å². The Morgan fingerprint density at radius 1 is 0.909 bits per heavy atom. The Balaban J connectivity index is 0.859. The molecule has 5 aromatic rings. The Labute approximate surface area is 326 Å². The third kappa shape index (κ3) is 6.75. The Morgan fingerprint density at radius 3 is 2.56 bits per heavy atom. The maximum absolute atomic E-state index is 14.1. The molecule has 0 radical (unpaired) electrons. The van der Waals surface area contributed by atoms with Gasteiger partial charge >= 0.3 is 0 Å². The third-order valence-electron chi connectivity index (χ3n) is 11.6. The smallest absolute Gasteiger partial charge is 0.255 e. The van der Waals surface area contributed by atoms with E-state index in [2.05, 4.69) is 60.1 Å². The van der Waals surface area contributed by atoms with Crippen LogP contribution >= 0.6 is 15.9 Å². The van der Waals surface area contributed by atoms with Crippen LogP contribution in [0.15, 0.2) is 77.4 Å². The number of nitrogens with zero attached hydrogens (tertiary/aromatic N) is 8. The molecule has 3 amide bonds. The monoisotopic (exact) mass is 805 g/mol. The summed E-state index contributed by atoms with van der Waals surface area (Å²) in [6.45, 7) is 3.63. The van der Waals surface area contributed by atoms with Crippen molar-refractivity contribution in [1.82, 2.24) is 34.7 Å². The van der Waals surface area contributed by atoms with Crippen LogP contribution in [0, 0.1) is 5.82 Å². The average molecular weight is 807 g/mol. The number of pyridine rings is 1. The van der Waals surface area contributed by atoms with Crippen LogP contribution in [0.2, 0.25) is 0 Å². The van der Waals surface area contributed by atoms with E-state index in [0.29, 0.717) is 31.1 Å². The first-order chi connectivity index (χ1) is 26.7. The zero-order valence-corrected chi connectivity index (χ0v) is 32.1. The second-order valence-electron chi connectivity index (χ2n) is 15.0. The van der Waals surface area contributed by atoms with Crippen molar-refractivity contribution in [1.29, 1.82) is 0 Å². The van der Waals surface area contributed by atoms with E-state index in [0.717, 1.165) is 95.2 Å². The predicted octanol–water partition coefficient (Wildman–Crippen LogP) is 5.90. The molecule has 2 aromatic carbocycles. The van der Waals surface area contributed by atoms with Crippen LogP contribution in [-0.4, -0.2) is 85.9 Å². The van der Waals surface area contributed by atoms with Gasteiger partial charge in [-0.2, -0.15) is 0 Å². The molecule has 3 saturated heterocycles. The lowest BCUT2D eigenvalue weighted by atomic mass is 10.0. The standard InChI is InChI=1S/C41H41BrFN9O3/c1-48(23-27-19-26-24-51(41(55)30(26)21-31(27)42)34-10-13-39(53)46-40(34)54)29-14-17-49(18-15-29)37-9-3-7-32(45-37)35-22-44-36-11-12-38(47-52(35)36)50-16-4-8-33(50)25-5-2-6-28(43)20-25/h2-3,5-7,9,11-12,19-22,29,33-34H,4,8,10,13-18,23-24H2,1H3,(H,46,53,54)/t33-,34?/m1/s1. The van der Waals surface area contributed by atoms with Crippen molar-refractivity contribution in [3.63, 3.8) is 0 Å². The maximum atomic E-state index is 14.1. The molecule has 55 heavy (non-hydrogen) atoms. The number of hydrogen-bond acceptors (Lipinski definition) is 9. The first kappa shape index (κ1) is 35.5. The summed E-state index contributed by atoms with van der Waals surface area (Å²) < 4.78 is 16.8. The Hall–Kier alpha value is -5.21. The average Bonchev–Trinajstić information content (AvgIpc) is 3.93. The topological polar surface area (TPSA) is 119 Å². The normalized spacial score (nSPS) is 20.6. The summed E-state index contributed by atoms with van der Waals surface area (Å²) in [7, 11) is 2.15. The molecule has 3 fully saturated rings. The highest BCUT2D eigenvalue weighted by molar-refractivity contribution is 9.10. The van der Waals surface area contributed by atoms with Gasteiger partial charge in [0.1, 0.15) is 29.2 Å². The van der Waals surface area contributed by atoms with E-state index < -0.39 is 11.9 Å². The Morgan fingerprint density at radius 2 is 1.75 bits per heavy atom. The van der Waals surface area contributed by atoms with E-state index in [-0.39, 0.29) is 30.1 Å². The Bertz CT molecular complexity index is 2330. The molecule has 2 atom stereocenters. The molecule has 0 spiro atoms. The molecule has 3 aromatic heterocycles. The first-order valence-corrected chi connectivity index (χ1v) is 19.7. The molecule has 4 aliphatic rings. The minimum Gasteiger partial charge on any atom is -0.356 e. The van der Waals surface area contributed by atoms with Crippen molar-refractivity contribution in [2.24, 2.45) is 0 Å². The van der Waals surface area contributed by atoms with Crippen LogP contribution in [0.4, 0.5) is 16.0 Å². The molecule has 1 N–H and O–H groups in total. The molecule has 0 saturated carbocycles. The lowest BCUT2D eigenvalue weighted by Gasteiger charge is -2.37. The predicted molar refractivity (Wildman–Crippen MR) is 209 cm³/mol. The van der Waals surface area contributed by atoms with Gasteiger partial charge in [-0.25, -0.2) is 18.9 Å². The van der Waals surface area contributed by atoms with E-state index in [1.165, 1.54) is 6.07 Å². The van der Waals surface area contributed by atoms with Crippen LogP contribution in [0.1, 0.15) is 71.6 Å². The van der Waals surface area contributed by atoms with Crippen LogP contribution in [0.5, 0.6) is 0 Å². The number of anilines is 2. The van der Waals surface area contributed by atoms with Gasteiger partial charge in [-0.05, 0) is 98.3 Å². The summed E-state index contributed by atoms with van der Waals surface area (Å²) in [5.74, 6) is 0.660. The highest BCUT2D eigenvalue weighted by Gasteiger charge is 2.39. The van der Waals surface area contributed by atoms with Crippen molar-refractivity contribution in [2.45, 2.75) is 69.7 Å². The van der Waals surface area contributed by atoms with Crippen molar-refractivity contribution in [3.05, 3.63) is 105 Å². The summed E-state index contributed by atoms with van der Waals surface area (Å²) >= 11 is 3.72. The summed E-state index contributed by atoms with van der Waals surface area (Å²) in [5.41, 5.74) is 5.92. The minimum atomic E-state index is -0.631. The molecule has 0 aliphatic carbocycles. The Kier molecular flexibility index (Phi) is 9.33. The lowest BCUT2D eigenvalue weighted by Crippen LogP contribution is -2.52. The number of imidazole rings is 1. The molecule has 12 nitrogen and oxygen atoms in total. The van der Waals surface area contributed by atoms with Gasteiger partial charge in [0, 0.05) is 55.2 Å². The summed E-state index contributed by atoms with van der Waals surface area (Å²) in [6.07, 6.45) is 6.29. The number of amides is 3. The molecule has 9 rings (SSSR count). The second-order valence-corrected chi connectivity index (χ2v) is 15.9. The third-order valence-corrected chi connectivity index (χ3v) is 12.4. The van der Waals surface area contributed by atoms with Gasteiger partial charge in [0.25, 0.3) is 5.91 Å². The number of aromatic nitrogens is 4. The molecular weight excluding hydrogens is 765 g/mol. The van der Waals surface area contributed by atoms with E-state index >= 15 is 0 Å². The quantitative estimate of drug-likeness (QED) is 0.192. The molecule has 4 aliphatic heterocycles. The van der Waals surface area contributed by atoms with Crippen LogP contribution < -0.4 is 15.1 Å². The number of carbonyl (C=O) groups excluding carboxylic acids is 3. The summed E-state index contributed by atoms with van der Waals surface area (Å²) in [5, 5.41) is 7.41. The van der Waals surface area contributed by atoms with Crippen LogP contribution in [0.25, 0.3) is 17.0 Å². The number of nitrogens with one attached hydrogen (secondary N) is 1. The maximum Gasteiger partial charge on any atom is 0.255 e. The minimum absolute atomic E-state index is 0.0643. The molecule has 282 valence electrons. The molecular formula is C41H41BrFN9O3. The van der Waals surface area contributed by atoms with Crippen molar-refractivity contribution < 1.29 is 18.8 Å². The van der Waals surface area contributed by atoms with Gasteiger partial charge in [-0.15, -0.1) is 5.10 Å². The number of halogens is 2. The number of imide groups is 1. The van der Waals surface area contributed by atoms with E-state index in [1.807, 2.05) is 47.1 Å². The van der Waals surface area contributed by atoms with Crippen LogP contribution in [-0.2, 0) is 22.7 Å². The van der Waals surface area contributed by atoms with Crippen molar-refractivity contribution in [2.75, 3.05) is 36.5 Å². The fourth-order valence-corrected chi connectivity index (χ4v) is 9.20. The zero-order valence-electron chi connectivity index (χ0n) is 30.5. The zero-order chi connectivity index (χ0) is 37.8. The first-order valence-electron chi connectivity index (χ1n) is 19.0. The molecule has 0 bridgehead atoms. The van der Waals surface area contributed by atoms with Gasteiger partial charge in [-0.3, -0.25) is 24.6 Å². The number of carbonyl (C=O) groups is 3. The highest BCUT2D eigenvalue weighted by Crippen LogP contribution is 2.37. The molecule has 14 heteroatoms. The molecule has 1 unspecified atom stereocenters. The largest absolute Gasteiger partial charge is 0.356 e. The number of piperidine rings is 2. The van der Waals surface area contributed by atoms with Crippen LogP contribution in [0.3, 0.4) is 0 Å². The second kappa shape index (κ2) is 14.5. The van der Waals surface area contributed by atoms with E-state index in [9.17, 15) is 18.8 Å². The highest BCUT2D eigenvalue weighted by atomic mass is 79.9. The summed E-state index contributed by atoms with van der Waals surface area (Å²) in [4.78, 5) is 55.8.